The van der Waals surface area contributed by atoms with E-state index in [0.29, 0.717) is 6.54 Å². The van der Waals surface area contributed by atoms with Crippen LogP contribution >= 0.6 is 0 Å². The van der Waals surface area contributed by atoms with Crippen LogP contribution in [0.2, 0.25) is 0 Å². The van der Waals surface area contributed by atoms with Crippen molar-refractivity contribution in [3.63, 3.8) is 0 Å². The summed E-state index contributed by atoms with van der Waals surface area (Å²) in [5.74, 6) is 1.77. The van der Waals surface area contributed by atoms with Gasteiger partial charge in [0.25, 0.3) is 0 Å². The van der Waals surface area contributed by atoms with Crippen LogP contribution in [0.1, 0.15) is 57.6 Å². The lowest BCUT2D eigenvalue weighted by atomic mass is 9.73. The second kappa shape index (κ2) is 10.1. The van der Waals surface area contributed by atoms with Gasteiger partial charge in [-0.25, -0.2) is 0 Å². The number of furan rings is 1. The molecule has 1 aromatic heterocycles. The molecule has 0 spiro atoms. The molecule has 152 valence electrons. The molecule has 2 heterocycles. The first kappa shape index (κ1) is 20.2. The Bertz CT molecular complexity index is 569. The average Bonchev–Trinajstić information content (AvgIpc) is 3.20. The fourth-order valence-electron chi connectivity index (χ4n) is 3.94. The zero-order chi connectivity index (χ0) is 19.0. The van der Waals surface area contributed by atoms with Gasteiger partial charge in [0.15, 0.2) is 5.96 Å². The number of hydrogen-bond donors (Lipinski definition) is 3. The summed E-state index contributed by atoms with van der Waals surface area (Å²) in [4.78, 5) is 4.82. The predicted octanol–water partition coefficient (Wildman–Crippen LogP) is 2.87. The summed E-state index contributed by atoms with van der Waals surface area (Å²) < 4.78 is 11.2. The number of aliphatic hydroxyl groups is 1. The molecule has 1 aliphatic carbocycles. The van der Waals surface area contributed by atoms with Crippen molar-refractivity contribution in [2.24, 2.45) is 10.4 Å². The summed E-state index contributed by atoms with van der Waals surface area (Å²) in [7, 11) is 0. The van der Waals surface area contributed by atoms with Gasteiger partial charge in [-0.05, 0) is 44.2 Å². The Morgan fingerprint density at radius 1 is 1.26 bits per heavy atom. The van der Waals surface area contributed by atoms with E-state index in [1.165, 1.54) is 12.8 Å². The van der Waals surface area contributed by atoms with E-state index >= 15 is 0 Å². The number of aliphatic imine (C=N–C) groups is 1. The molecule has 27 heavy (non-hydrogen) atoms. The Morgan fingerprint density at radius 2 is 2.15 bits per heavy atom. The fraction of sp³-hybridized carbons (Fsp3) is 0.762. The summed E-state index contributed by atoms with van der Waals surface area (Å²) in [5.41, 5.74) is -0.130. The van der Waals surface area contributed by atoms with Crippen molar-refractivity contribution in [2.75, 3.05) is 26.2 Å². The van der Waals surface area contributed by atoms with Gasteiger partial charge < -0.3 is 24.9 Å². The lowest BCUT2D eigenvalue weighted by molar-refractivity contribution is 0.00701. The topological polar surface area (TPSA) is 79.0 Å². The van der Waals surface area contributed by atoms with Crippen LogP contribution in [0.4, 0.5) is 0 Å². The summed E-state index contributed by atoms with van der Waals surface area (Å²) in [5, 5.41) is 17.3. The van der Waals surface area contributed by atoms with Gasteiger partial charge in [0.05, 0.1) is 25.0 Å². The standard InChI is InChI=1S/C21H35N3O3/c1-21(11-4-2-9-19(21)25)16-24-20(22-12-10-17-8-6-14-26-17)23-15-18-7-3-5-13-27-18/h6,8,14,18-19,25H,2-5,7,9-13,15-16H2,1H3,(H2,22,23,24). The minimum atomic E-state index is -0.263. The second-order valence-electron chi connectivity index (χ2n) is 8.21. The van der Waals surface area contributed by atoms with E-state index in [-0.39, 0.29) is 17.6 Å². The van der Waals surface area contributed by atoms with E-state index in [1.807, 2.05) is 12.1 Å². The SMILES string of the molecule is CC1(CN=C(NCCc2ccco2)NCC2CCCCO2)CCCCC1O. The molecule has 3 atom stereocenters. The van der Waals surface area contributed by atoms with Crippen LogP contribution in [0.15, 0.2) is 27.8 Å². The van der Waals surface area contributed by atoms with Gasteiger partial charge in [-0.3, -0.25) is 4.99 Å². The van der Waals surface area contributed by atoms with Crippen LogP contribution in [0.5, 0.6) is 0 Å². The molecule has 1 saturated heterocycles. The molecular weight excluding hydrogens is 342 g/mol. The van der Waals surface area contributed by atoms with Gasteiger partial charge in [-0.2, -0.15) is 0 Å². The van der Waals surface area contributed by atoms with Crippen molar-refractivity contribution in [2.45, 2.75) is 70.5 Å². The Morgan fingerprint density at radius 3 is 2.89 bits per heavy atom. The van der Waals surface area contributed by atoms with E-state index < -0.39 is 0 Å². The predicted molar refractivity (Wildman–Crippen MR) is 107 cm³/mol. The molecule has 1 aromatic rings. The highest BCUT2D eigenvalue weighted by molar-refractivity contribution is 5.79. The highest BCUT2D eigenvalue weighted by atomic mass is 16.5. The van der Waals surface area contributed by atoms with Gasteiger partial charge in [-0.15, -0.1) is 0 Å². The van der Waals surface area contributed by atoms with Gasteiger partial charge in [0.2, 0.25) is 0 Å². The largest absolute Gasteiger partial charge is 0.469 e. The van der Waals surface area contributed by atoms with Crippen molar-refractivity contribution >= 4 is 5.96 Å². The van der Waals surface area contributed by atoms with Crippen LogP contribution in [0.25, 0.3) is 0 Å². The Hall–Kier alpha value is -1.53. The Kier molecular flexibility index (Phi) is 7.59. The third-order valence-corrected chi connectivity index (χ3v) is 5.89. The van der Waals surface area contributed by atoms with Crippen molar-refractivity contribution in [3.8, 4) is 0 Å². The highest BCUT2D eigenvalue weighted by Gasteiger charge is 2.35. The van der Waals surface area contributed by atoms with Crippen LogP contribution in [-0.2, 0) is 11.2 Å². The maximum Gasteiger partial charge on any atom is 0.191 e. The first-order valence-electron chi connectivity index (χ1n) is 10.5. The van der Waals surface area contributed by atoms with Gasteiger partial charge in [0, 0.05) is 31.5 Å². The molecule has 1 aliphatic heterocycles. The molecule has 0 aromatic carbocycles. The van der Waals surface area contributed by atoms with E-state index in [1.54, 1.807) is 6.26 Å². The zero-order valence-corrected chi connectivity index (χ0v) is 16.6. The first-order chi connectivity index (χ1) is 13.2. The summed E-state index contributed by atoms with van der Waals surface area (Å²) in [6, 6.07) is 3.90. The number of hydrogen-bond acceptors (Lipinski definition) is 4. The molecule has 0 radical (unpaired) electrons. The smallest absolute Gasteiger partial charge is 0.191 e. The lowest BCUT2D eigenvalue weighted by Crippen LogP contribution is -2.45. The molecule has 0 bridgehead atoms. The van der Waals surface area contributed by atoms with E-state index in [0.717, 1.165) is 69.9 Å². The van der Waals surface area contributed by atoms with Crippen LogP contribution < -0.4 is 10.6 Å². The molecule has 0 amide bonds. The normalized spacial score (nSPS) is 29.5. The van der Waals surface area contributed by atoms with E-state index in [9.17, 15) is 5.11 Å². The van der Waals surface area contributed by atoms with Crippen molar-refractivity contribution in [1.29, 1.82) is 0 Å². The van der Waals surface area contributed by atoms with E-state index in [4.69, 9.17) is 14.1 Å². The number of nitrogens with one attached hydrogen (secondary N) is 2. The molecule has 3 N–H and O–H groups in total. The lowest BCUT2D eigenvalue weighted by Gasteiger charge is -2.37. The van der Waals surface area contributed by atoms with Crippen LogP contribution in [0.3, 0.4) is 0 Å². The molecule has 2 fully saturated rings. The monoisotopic (exact) mass is 377 g/mol. The summed E-state index contributed by atoms with van der Waals surface area (Å²) in [6.45, 7) is 5.17. The van der Waals surface area contributed by atoms with Crippen LogP contribution in [0, 0.1) is 5.41 Å². The molecule has 1 saturated carbocycles. The summed E-state index contributed by atoms with van der Waals surface area (Å²) >= 11 is 0. The minimum absolute atomic E-state index is 0.130. The number of guanidine groups is 1. The fourth-order valence-corrected chi connectivity index (χ4v) is 3.94. The Labute approximate surface area is 162 Å². The van der Waals surface area contributed by atoms with E-state index in [2.05, 4.69) is 17.6 Å². The number of rotatable bonds is 7. The molecule has 3 rings (SSSR count). The number of nitrogens with zero attached hydrogens (tertiary/aromatic N) is 1. The molecule has 6 nitrogen and oxygen atoms in total. The van der Waals surface area contributed by atoms with Crippen molar-refractivity contribution in [3.05, 3.63) is 24.2 Å². The second-order valence-corrected chi connectivity index (χ2v) is 8.21. The van der Waals surface area contributed by atoms with Crippen LogP contribution in [-0.4, -0.2) is 49.5 Å². The minimum Gasteiger partial charge on any atom is -0.469 e. The molecule has 3 unspecified atom stereocenters. The first-order valence-corrected chi connectivity index (χ1v) is 10.5. The molecular formula is C21H35N3O3. The molecule has 6 heteroatoms. The Balaban J connectivity index is 1.54. The average molecular weight is 378 g/mol. The van der Waals surface area contributed by atoms with Gasteiger partial charge in [-0.1, -0.05) is 19.8 Å². The van der Waals surface area contributed by atoms with Crippen molar-refractivity contribution in [1.82, 2.24) is 10.6 Å². The third-order valence-electron chi connectivity index (χ3n) is 5.89. The third kappa shape index (κ3) is 6.25. The highest BCUT2D eigenvalue weighted by Crippen LogP contribution is 2.36. The van der Waals surface area contributed by atoms with Crippen molar-refractivity contribution < 1.29 is 14.3 Å². The van der Waals surface area contributed by atoms with Gasteiger partial charge >= 0.3 is 0 Å². The zero-order valence-electron chi connectivity index (χ0n) is 16.6. The number of ether oxygens (including phenoxy) is 1. The van der Waals surface area contributed by atoms with Gasteiger partial charge in [0.1, 0.15) is 5.76 Å². The maximum atomic E-state index is 10.4. The quantitative estimate of drug-likeness (QED) is 0.503. The number of aliphatic hydroxyl groups excluding tert-OH is 1. The maximum absolute atomic E-state index is 10.4. The molecule has 2 aliphatic rings. The summed E-state index contributed by atoms with van der Waals surface area (Å²) in [6.07, 6.45) is 10.2.